The smallest absolute Gasteiger partial charge is 0.206 e. The van der Waals surface area contributed by atoms with Gasteiger partial charge >= 0.3 is 0 Å². The first-order valence-electron chi connectivity index (χ1n) is 4.12. The summed E-state index contributed by atoms with van der Waals surface area (Å²) in [5, 5.41) is 13.2. The fourth-order valence-corrected chi connectivity index (χ4v) is 1.78. The molecule has 0 spiro atoms. The fraction of sp³-hybridized carbons (Fsp3) is 0.375. The van der Waals surface area contributed by atoms with E-state index < -0.39 is 0 Å². The summed E-state index contributed by atoms with van der Waals surface area (Å²) in [6, 6.07) is 1.95. The minimum atomic E-state index is 0.855. The zero-order chi connectivity index (χ0) is 9.26. The topological polar surface area (TPSA) is 43.1 Å². The maximum atomic E-state index is 4.19. The van der Waals surface area contributed by atoms with Gasteiger partial charge in [-0.2, -0.15) is 10.2 Å². The Kier molecular flexibility index (Phi) is 2.18. The third-order valence-corrected chi connectivity index (χ3v) is 2.56. The van der Waals surface area contributed by atoms with E-state index in [-0.39, 0.29) is 0 Å². The van der Waals surface area contributed by atoms with Crippen molar-refractivity contribution in [3.63, 3.8) is 0 Å². The maximum absolute atomic E-state index is 4.19. The van der Waals surface area contributed by atoms with Crippen molar-refractivity contribution in [1.29, 1.82) is 0 Å². The number of rotatable bonds is 2. The van der Waals surface area contributed by atoms with E-state index in [4.69, 9.17) is 0 Å². The number of aryl methyl sites for hydroxylation is 1. The van der Waals surface area contributed by atoms with Crippen molar-refractivity contribution in [2.24, 2.45) is 0 Å². The highest BCUT2D eigenvalue weighted by molar-refractivity contribution is 7.99. The van der Waals surface area contributed by atoms with Crippen molar-refractivity contribution in [3.8, 4) is 0 Å². The number of nitrogens with zero attached hydrogens (tertiary/aromatic N) is 4. The standard InChI is InChI=1S/C8H10N4S/c1-3-13-8-11-10-6(2)7-4-5-9-12(7)8/h4-5H,3H2,1-2H3. The summed E-state index contributed by atoms with van der Waals surface area (Å²) < 4.78 is 1.83. The first-order chi connectivity index (χ1) is 6.33. The van der Waals surface area contributed by atoms with Gasteiger partial charge in [-0.15, -0.1) is 5.10 Å². The molecule has 0 aliphatic carbocycles. The second-order valence-corrected chi connectivity index (χ2v) is 3.86. The lowest BCUT2D eigenvalue weighted by atomic mass is 10.4. The van der Waals surface area contributed by atoms with Gasteiger partial charge in [0.25, 0.3) is 0 Å². The molecule has 13 heavy (non-hydrogen) atoms. The minimum Gasteiger partial charge on any atom is -0.206 e. The van der Waals surface area contributed by atoms with Gasteiger partial charge < -0.3 is 0 Å². The molecule has 0 aliphatic heterocycles. The molecule has 0 atom stereocenters. The van der Waals surface area contributed by atoms with Crippen LogP contribution in [0.4, 0.5) is 0 Å². The number of hydrogen-bond acceptors (Lipinski definition) is 4. The molecular weight excluding hydrogens is 184 g/mol. The Morgan fingerprint density at radius 1 is 1.46 bits per heavy atom. The number of aromatic nitrogens is 4. The SMILES string of the molecule is CCSc1nnc(C)c2ccnn12. The van der Waals surface area contributed by atoms with Crippen molar-refractivity contribution < 1.29 is 0 Å². The van der Waals surface area contributed by atoms with Gasteiger partial charge in [-0.3, -0.25) is 0 Å². The molecule has 2 rings (SSSR count). The lowest BCUT2D eigenvalue weighted by molar-refractivity contribution is 0.727. The molecule has 5 heteroatoms. The van der Waals surface area contributed by atoms with Crippen molar-refractivity contribution in [1.82, 2.24) is 19.8 Å². The van der Waals surface area contributed by atoms with E-state index in [0.717, 1.165) is 22.1 Å². The molecule has 2 heterocycles. The van der Waals surface area contributed by atoms with Crippen LogP contribution in [0.3, 0.4) is 0 Å². The van der Waals surface area contributed by atoms with Gasteiger partial charge in [0, 0.05) is 0 Å². The third kappa shape index (κ3) is 1.39. The molecule has 0 saturated carbocycles. The Labute approximate surface area is 80.4 Å². The summed E-state index contributed by atoms with van der Waals surface area (Å²) in [6.45, 7) is 4.02. The molecule has 4 nitrogen and oxygen atoms in total. The van der Waals surface area contributed by atoms with Crippen LogP contribution in [0.25, 0.3) is 5.52 Å². The van der Waals surface area contributed by atoms with Crippen LogP contribution in [0.15, 0.2) is 17.4 Å². The van der Waals surface area contributed by atoms with E-state index in [9.17, 15) is 0 Å². The van der Waals surface area contributed by atoms with Crippen LogP contribution in [-0.4, -0.2) is 25.6 Å². The first kappa shape index (κ1) is 8.50. The average molecular weight is 194 g/mol. The molecule has 0 amide bonds. The molecule has 0 aliphatic rings. The van der Waals surface area contributed by atoms with Gasteiger partial charge in [0.1, 0.15) is 0 Å². The van der Waals surface area contributed by atoms with Crippen LogP contribution in [0, 0.1) is 6.92 Å². The number of hydrogen-bond donors (Lipinski definition) is 0. The molecule has 0 fully saturated rings. The van der Waals surface area contributed by atoms with E-state index in [1.165, 1.54) is 0 Å². The zero-order valence-electron chi connectivity index (χ0n) is 7.56. The van der Waals surface area contributed by atoms with Gasteiger partial charge in [-0.25, -0.2) is 4.52 Å². The summed E-state index contributed by atoms with van der Waals surface area (Å²) in [5.74, 6) is 0.979. The van der Waals surface area contributed by atoms with Gasteiger partial charge in [0.2, 0.25) is 5.16 Å². The van der Waals surface area contributed by atoms with Gasteiger partial charge in [-0.05, 0) is 18.7 Å². The highest BCUT2D eigenvalue weighted by Gasteiger charge is 2.05. The number of fused-ring (bicyclic) bond motifs is 1. The predicted molar refractivity (Wildman–Crippen MR) is 51.9 cm³/mol. The summed E-state index contributed by atoms with van der Waals surface area (Å²) >= 11 is 1.64. The Bertz CT molecular complexity index is 423. The minimum absolute atomic E-state index is 0.855. The fourth-order valence-electron chi connectivity index (χ4n) is 1.16. The van der Waals surface area contributed by atoms with Crippen LogP contribution in [0.1, 0.15) is 12.6 Å². The molecule has 0 saturated heterocycles. The normalized spacial score (nSPS) is 10.9. The summed E-state index contributed by atoms with van der Waals surface area (Å²) in [7, 11) is 0. The molecule has 0 unspecified atom stereocenters. The Hall–Kier alpha value is -1.10. The van der Waals surface area contributed by atoms with Gasteiger partial charge in [-0.1, -0.05) is 18.7 Å². The molecule has 0 aromatic carbocycles. The van der Waals surface area contributed by atoms with Crippen LogP contribution in [0.2, 0.25) is 0 Å². The second kappa shape index (κ2) is 3.33. The Morgan fingerprint density at radius 3 is 3.08 bits per heavy atom. The summed E-state index contributed by atoms with van der Waals surface area (Å²) in [6.07, 6.45) is 1.77. The van der Waals surface area contributed by atoms with Crippen molar-refractivity contribution >= 4 is 17.3 Å². The lowest BCUT2D eigenvalue weighted by Gasteiger charge is -2.01. The highest BCUT2D eigenvalue weighted by atomic mass is 32.2. The monoisotopic (exact) mass is 194 g/mol. The van der Waals surface area contributed by atoms with E-state index in [1.54, 1.807) is 18.0 Å². The van der Waals surface area contributed by atoms with E-state index in [0.29, 0.717) is 0 Å². The number of thioether (sulfide) groups is 1. The molecule has 0 bridgehead atoms. The second-order valence-electron chi connectivity index (χ2n) is 2.63. The molecule has 2 aromatic heterocycles. The average Bonchev–Trinajstić information content (AvgIpc) is 2.59. The quantitative estimate of drug-likeness (QED) is 0.680. The van der Waals surface area contributed by atoms with E-state index in [1.807, 2.05) is 17.5 Å². The van der Waals surface area contributed by atoms with Crippen molar-refractivity contribution in [2.75, 3.05) is 5.75 Å². The Balaban J connectivity index is 2.64. The van der Waals surface area contributed by atoms with Gasteiger partial charge in [0.05, 0.1) is 17.4 Å². The zero-order valence-corrected chi connectivity index (χ0v) is 8.38. The maximum Gasteiger partial charge on any atom is 0.210 e. The molecular formula is C8H10N4S. The van der Waals surface area contributed by atoms with Crippen LogP contribution >= 0.6 is 11.8 Å². The van der Waals surface area contributed by atoms with Crippen LogP contribution in [0.5, 0.6) is 0 Å². The van der Waals surface area contributed by atoms with Gasteiger partial charge in [0.15, 0.2) is 0 Å². The molecule has 0 radical (unpaired) electrons. The third-order valence-electron chi connectivity index (χ3n) is 1.75. The molecule has 2 aromatic rings. The van der Waals surface area contributed by atoms with Crippen molar-refractivity contribution in [2.45, 2.75) is 19.0 Å². The first-order valence-corrected chi connectivity index (χ1v) is 5.11. The van der Waals surface area contributed by atoms with E-state index in [2.05, 4.69) is 22.2 Å². The van der Waals surface area contributed by atoms with Crippen LogP contribution in [-0.2, 0) is 0 Å². The van der Waals surface area contributed by atoms with Crippen LogP contribution < -0.4 is 0 Å². The summed E-state index contributed by atoms with van der Waals surface area (Å²) in [4.78, 5) is 0. The lowest BCUT2D eigenvalue weighted by Crippen LogP contribution is -2.00. The molecule has 0 N–H and O–H groups in total. The Morgan fingerprint density at radius 2 is 2.31 bits per heavy atom. The predicted octanol–water partition coefficient (Wildman–Crippen LogP) is 1.54. The highest BCUT2D eigenvalue weighted by Crippen LogP contribution is 2.16. The van der Waals surface area contributed by atoms with E-state index >= 15 is 0 Å². The van der Waals surface area contributed by atoms with Crippen molar-refractivity contribution in [3.05, 3.63) is 18.0 Å². The largest absolute Gasteiger partial charge is 0.210 e. The molecule has 68 valence electrons. The summed E-state index contributed by atoms with van der Waals surface area (Å²) in [5.41, 5.74) is 1.95.